The molecule has 2 aromatic heterocycles. The lowest BCUT2D eigenvalue weighted by molar-refractivity contribution is -0.143. The molecule has 0 amide bonds. The molecule has 0 aliphatic carbocycles. The first-order valence-electron chi connectivity index (χ1n) is 6.53. The molecule has 0 bridgehead atoms. The topological polar surface area (TPSA) is 83.3 Å². The number of esters is 1. The molecular formula is C14H12F3N3O4. The van der Waals surface area contributed by atoms with Gasteiger partial charge in [-0.3, -0.25) is 9.78 Å². The number of rotatable bonds is 4. The maximum Gasteiger partial charge on any atom is 0.436 e. The Labute approximate surface area is 133 Å². The van der Waals surface area contributed by atoms with E-state index in [2.05, 4.69) is 14.8 Å². The molecule has 24 heavy (non-hydrogen) atoms. The van der Waals surface area contributed by atoms with Crippen LogP contribution in [0.5, 0.6) is 5.75 Å². The van der Waals surface area contributed by atoms with Crippen molar-refractivity contribution in [2.24, 2.45) is 0 Å². The molecule has 0 saturated heterocycles. The molecule has 2 aromatic rings. The van der Waals surface area contributed by atoms with Crippen molar-refractivity contribution in [2.75, 3.05) is 14.2 Å². The molecule has 0 aliphatic heterocycles. The standard InChI is InChI=1S/C14H12F3N3O4/c1-23-10-9(13(22)24-2)11(14(15,16)17)19-20(12(10)21)7-8-4-3-5-18-6-8/h3-6H,7H2,1-2H3. The third kappa shape index (κ3) is 3.36. The number of alkyl halides is 3. The van der Waals surface area contributed by atoms with Gasteiger partial charge in [0.25, 0.3) is 0 Å². The highest BCUT2D eigenvalue weighted by Gasteiger charge is 2.41. The van der Waals surface area contributed by atoms with Crippen LogP contribution in [0.25, 0.3) is 0 Å². The second-order valence-corrected chi connectivity index (χ2v) is 4.57. The van der Waals surface area contributed by atoms with E-state index in [-0.39, 0.29) is 6.54 Å². The fraction of sp³-hybridized carbons (Fsp3) is 0.286. The predicted molar refractivity (Wildman–Crippen MR) is 74.7 cm³/mol. The summed E-state index contributed by atoms with van der Waals surface area (Å²) in [4.78, 5) is 27.8. The van der Waals surface area contributed by atoms with E-state index in [1.165, 1.54) is 12.4 Å². The summed E-state index contributed by atoms with van der Waals surface area (Å²) in [5.41, 5.74) is -3.16. The van der Waals surface area contributed by atoms with E-state index in [1.807, 2.05) is 0 Å². The quantitative estimate of drug-likeness (QED) is 0.783. The molecule has 10 heteroatoms. The zero-order valence-corrected chi connectivity index (χ0v) is 12.6. The van der Waals surface area contributed by atoms with Gasteiger partial charge in [-0.2, -0.15) is 18.3 Å². The average molecular weight is 343 g/mol. The van der Waals surface area contributed by atoms with Crippen molar-refractivity contribution in [1.82, 2.24) is 14.8 Å². The van der Waals surface area contributed by atoms with Gasteiger partial charge in [0.2, 0.25) is 5.75 Å². The number of carbonyl (C=O) groups excluding carboxylic acids is 1. The van der Waals surface area contributed by atoms with Gasteiger partial charge >= 0.3 is 17.7 Å². The summed E-state index contributed by atoms with van der Waals surface area (Å²) in [5, 5.41) is 3.29. The number of hydrogen-bond acceptors (Lipinski definition) is 6. The second kappa shape index (κ2) is 6.69. The van der Waals surface area contributed by atoms with E-state index in [0.29, 0.717) is 10.2 Å². The number of pyridine rings is 1. The Balaban J connectivity index is 2.71. The molecule has 0 fully saturated rings. The van der Waals surface area contributed by atoms with Gasteiger partial charge in [-0.25, -0.2) is 9.48 Å². The number of halogens is 3. The first kappa shape index (κ1) is 17.4. The molecule has 0 aliphatic rings. The van der Waals surface area contributed by atoms with Crippen molar-refractivity contribution in [3.05, 3.63) is 51.7 Å². The Hall–Kier alpha value is -2.91. The van der Waals surface area contributed by atoms with Gasteiger partial charge in [0.15, 0.2) is 5.69 Å². The second-order valence-electron chi connectivity index (χ2n) is 4.57. The first-order valence-corrected chi connectivity index (χ1v) is 6.53. The van der Waals surface area contributed by atoms with Gasteiger partial charge in [0.1, 0.15) is 5.56 Å². The minimum absolute atomic E-state index is 0.270. The van der Waals surface area contributed by atoms with Crippen LogP contribution >= 0.6 is 0 Å². The Morgan fingerprint density at radius 3 is 2.54 bits per heavy atom. The minimum Gasteiger partial charge on any atom is -0.490 e. The average Bonchev–Trinajstić information content (AvgIpc) is 2.55. The van der Waals surface area contributed by atoms with Crippen LogP contribution in [0.15, 0.2) is 29.3 Å². The molecule has 0 N–H and O–H groups in total. The Kier molecular flexibility index (Phi) is 4.86. The maximum absolute atomic E-state index is 13.3. The van der Waals surface area contributed by atoms with Crippen LogP contribution in [0, 0.1) is 0 Å². The highest BCUT2D eigenvalue weighted by atomic mass is 19.4. The number of nitrogens with zero attached hydrogens (tertiary/aromatic N) is 3. The van der Waals surface area contributed by atoms with Crippen LogP contribution in [0.2, 0.25) is 0 Å². The maximum atomic E-state index is 13.3. The Morgan fingerprint density at radius 1 is 1.33 bits per heavy atom. The fourth-order valence-electron chi connectivity index (χ4n) is 2.00. The summed E-state index contributed by atoms with van der Waals surface area (Å²) in [5.74, 6) is -2.15. The highest BCUT2D eigenvalue weighted by Crippen LogP contribution is 2.33. The fourth-order valence-corrected chi connectivity index (χ4v) is 2.00. The molecule has 0 radical (unpaired) electrons. The first-order chi connectivity index (χ1) is 11.3. The minimum atomic E-state index is -4.98. The van der Waals surface area contributed by atoms with Crippen molar-refractivity contribution in [1.29, 1.82) is 0 Å². The van der Waals surface area contributed by atoms with Gasteiger partial charge in [-0.1, -0.05) is 6.07 Å². The summed E-state index contributed by atoms with van der Waals surface area (Å²) in [6.07, 6.45) is -2.13. The lowest BCUT2D eigenvalue weighted by Gasteiger charge is -2.16. The Morgan fingerprint density at radius 2 is 2.04 bits per heavy atom. The molecule has 2 rings (SSSR count). The molecule has 2 heterocycles. The van der Waals surface area contributed by atoms with Gasteiger partial charge in [0.05, 0.1) is 20.8 Å². The van der Waals surface area contributed by atoms with E-state index < -0.39 is 34.7 Å². The molecular weight excluding hydrogens is 331 g/mol. The molecule has 128 valence electrons. The summed E-state index contributed by atoms with van der Waals surface area (Å²) in [6, 6.07) is 3.13. The zero-order valence-electron chi connectivity index (χ0n) is 12.6. The predicted octanol–water partition coefficient (Wildman–Crippen LogP) is 1.50. The highest BCUT2D eigenvalue weighted by molar-refractivity contribution is 5.93. The summed E-state index contributed by atoms with van der Waals surface area (Å²) in [7, 11) is 1.88. The van der Waals surface area contributed by atoms with Crippen LogP contribution in [-0.2, 0) is 17.5 Å². The lowest BCUT2D eigenvalue weighted by Crippen LogP contribution is -2.32. The van der Waals surface area contributed by atoms with Crippen molar-refractivity contribution >= 4 is 5.97 Å². The van der Waals surface area contributed by atoms with E-state index >= 15 is 0 Å². The monoisotopic (exact) mass is 343 g/mol. The van der Waals surface area contributed by atoms with Crippen LogP contribution in [0.1, 0.15) is 21.6 Å². The number of aromatic nitrogens is 3. The van der Waals surface area contributed by atoms with E-state index in [9.17, 15) is 22.8 Å². The van der Waals surface area contributed by atoms with Crippen molar-refractivity contribution in [3.63, 3.8) is 0 Å². The van der Waals surface area contributed by atoms with E-state index in [4.69, 9.17) is 4.74 Å². The van der Waals surface area contributed by atoms with E-state index in [1.54, 1.807) is 12.1 Å². The number of hydrogen-bond donors (Lipinski definition) is 0. The van der Waals surface area contributed by atoms with Crippen molar-refractivity contribution in [3.8, 4) is 5.75 Å². The van der Waals surface area contributed by atoms with Gasteiger partial charge in [-0.15, -0.1) is 0 Å². The molecule has 0 atom stereocenters. The summed E-state index contributed by atoms with van der Waals surface area (Å²) in [6.45, 7) is -0.270. The largest absolute Gasteiger partial charge is 0.490 e. The van der Waals surface area contributed by atoms with Gasteiger partial charge in [0, 0.05) is 12.4 Å². The number of carbonyl (C=O) groups is 1. The lowest BCUT2D eigenvalue weighted by atomic mass is 10.2. The summed E-state index contributed by atoms with van der Waals surface area (Å²) >= 11 is 0. The van der Waals surface area contributed by atoms with Crippen molar-refractivity contribution in [2.45, 2.75) is 12.7 Å². The van der Waals surface area contributed by atoms with Crippen molar-refractivity contribution < 1.29 is 27.4 Å². The number of methoxy groups -OCH3 is 2. The SMILES string of the molecule is COC(=O)c1c(C(F)(F)F)nn(Cc2cccnc2)c(=O)c1OC. The van der Waals surface area contributed by atoms with Crippen LogP contribution in [0.3, 0.4) is 0 Å². The van der Waals surface area contributed by atoms with Gasteiger partial charge in [-0.05, 0) is 11.6 Å². The molecule has 0 unspecified atom stereocenters. The van der Waals surface area contributed by atoms with Crippen LogP contribution in [-0.4, -0.2) is 35.0 Å². The normalized spacial score (nSPS) is 11.2. The van der Waals surface area contributed by atoms with E-state index in [0.717, 1.165) is 14.2 Å². The summed E-state index contributed by atoms with van der Waals surface area (Å²) < 4.78 is 49.4. The zero-order chi connectivity index (χ0) is 17.9. The third-order valence-electron chi connectivity index (χ3n) is 3.03. The van der Waals surface area contributed by atoms with Gasteiger partial charge < -0.3 is 9.47 Å². The number of ether oxygens (including phenoxy) is 2. The molecule has 7 nitrogen and oxygen atoms in total. The molecule has 0 saturated carbocycles. The Bertz CT molecular complexity index is 803. The third-order valence-corrected chi connectivity index (χ3v) is 3.03. The van der Waals surface area contributed by atoms with Crippen LogP contribution in [0.4, 0.5) is 13.2 Å². The van der Waals surface area contributed by atoms with Crippen LogP contribution < -0.4 is 10.3 Å². The molecule has 0 spiro atoms. The molecule has 0 aromatic carbocycles. The smallest absolute Gasteiger partial charge is 0.436 e.